The van der Waals surface area contributed by atoms with Gasteiger partial charge >= 0.3 is 0 Å². The third kappa shape index (κ3) is 6.28. The zero-order chi connectivity index (χ0) is 22.4. The van der Waals surface area contributed by atoms with Crippen molar-refractivity contribution in [1.29, 1.82) is 0 Å². The van der Waals surface area contributed by atoms with Gasteiger partial charge in [-0.3, -0.25) is 0 Å². The lowest BCUT2D eigenvalue weighted by Gasteiger charge is -2.18. The fraction of sp³-hybridized carbons (Fsp3) is 0.280. The average molecular weight is 457 g/mol. The second-order valence-electron chi connectivity index (χ2n) is 7.54. The SMILES string of the molecule is COc1ccc(CC(CS(=O)(=O)c2ccc(C)cc2)Sc2ccc(C)cc2)cc1OC. The van der Waals surface area contributed by atoms with Crippen molar-refractivity contribution in [2.45, 2.75) is 35.3 Å². The minimum Gasteiger partial charge on any atom is -0.493 e. The molecule has 3 aromatic carbocycles. The molecule has 0 radical (unpaired) electrons. The predicted molar refractivity (Wildman–Crippen MR) is 127 cm³/mol. The Hall–Kier alpha value is -2.44. The van der Waals surface area contributed by atoms with Gasteiger partial charge < -0.3 is 9.47 Å². The van der Waals surface area contributed by atoms with E-state index in [2.05, 4.69) is 0 Å². The third-order valence-corrected chi connectivity index (χ3v) is 8.27. The second-order valence-corrected chi connectivity index (χ2v) is 10.9. The Bertz CT molecular complexity index is 1110. The number of sulfone groups is 1. The molecule has 1 unspecified atom stereocenters. The first-order chi connectivity index (χ1) is 14.8. The number of methoxy groups -OCH3 is 2. The lowest BCUT2D eigenvalue weighted by atomic mass is 10.1. The van der Waals surface area contributed by atoms with Crippen LogP contribution in [0.2, 0.25) is 0 Å². The van der Waals surface area contributed by atoms with E-state index in [0.717, 1.165) is 16.0 Å². The number of hydrogen-bond donors (Lipinski definition) is 0. The van der Waals surface area contributed by atoms with E-state index < -0.39 is 9.84 Å². The fourth-order valence-electron chi connectivity index (χ4n) is 3.30. The Morgan fingerprint density at radius 2 is 1.39 bits per heavy atom. The van der Waals surface area contributed by atoms with E-state index in [1.54, 1.807) is 38.1 Å². The zero-order valence-corrected chi connectivity index (χ0v) is 19.9. The van der Waals surface area contributed by atoms with E-state index in [1.165, 1.54) is 5.56 Å². The third-order valence-electron chi connectivity index (χ3n) is 5.02. The number of aryl methyl sites for hydroxylation is 2. The summed E-state index contributed by atoms with van der Waals surface area (Å²) in [5.74, 6) is 1.34. The molecule has 0 bridgehead atoms. The van der Waals surface area contributed by atoms with Crippen LogP contribution in [0.4, 0.5) is 0 Å². The van der Waals surface area contributed by atoms with E-state index >= 15 is 0 Å². The molecule has 0 aliphatic carbocycles. The Kier molecular flexibility index (Phi) is 7.68. The van der Waals surface area contributed by atoms with Crippen LogP contribution in [0.1, 0.15) is 16.7 Å². The van der Waals surface area contributed by atoms with Gasteiger partial charge in [-0.15, -0.1) is 11.8 Å². The zero-order valence-electron chi connectivity index (χ0n) is 18.3. The van der Waals surface area contributed by atoms with Crippen molar-refractivity contribution >= 4 is 21.6 Å². The van der Waals surface area contributed by atoms with Gasteiger partial charge in [0.2, 0.25) is 0 Å². The van der Waals surface area contributed by atoms with Gasteiger partial charge in [-0.2, -0.15) is 0 Å². The number of thioether (sulfide) groups is 1. The molecule has 0 heterocycles. The van der Waals surface area contributed by atoms with Crippen LogP contribution >= 0.6 is 11.8 Å². The first-order valence-corrected chi connectivity index (χ1v) is 12.6. The van der Waals surface area contributed by atoms with Gasteiger partial charge in [-0.25, -0.2) is 8.42 Å². The maximum absolute atomic E-state index is 13.2. The number of rotatable bonds is 9. The minimum absolute atomic E-state index is 0.0446. The summed E-state index contributed by atoms with van der Waals surface area (Å²) < 4.78 is 37.1. The Morgan fingerprint density at radius 3 is 1.97 bits per heavy atom. The predicted octanol–water partition coefficient (Wildman–Crippen LogP) is 5.50. The number of hydrogen-bond acceptors (Lipinski definition) is 5. The smallest absolute Gasteiger partial charge is 0.179 e. The summed E-state index contributed by atoms with van der Waals surface area (Å²) in [5.41, 5.74) is 3.21. The van der Waals surface area contributed by atoms with E-state index in [1.807, 2.05) is 68.4 Å². The molecule has 0 saturated carbocycles. The highest BCUT2D eigenvalue weighted by Crippen LogP contribution is 2.32. The van der Waals surface area contributed by atoms with E-state index in [4.69, 9.17) is 9.47 Å². The van der Waals surface area contributed by atoms with Crippen molar-refractivity contribution in [2.24, 2.45) is 0 Å². The lowest BCUT2D eigenvalue weighted by Crippen LogP contribution is -2.21. The molecule has 164 valence electrons. The first kappa shape index (κ1) is 23.2. The first-order valence-electron chi connectivity index (χ1n) is 10.0. The van der Waals surface area contributed by atoms with Crippen molar-refractivity contribution in [3.05, 3.63) is 83.4 Å². The quantitative estimate of drug-likeness (QED) is 0.398. The standard InChI is InChI=1S/C25H28O4S2/c1-18-5-10-21(11-6-18)30-22(15-20-9-14-24(28-3)25(16-20)29-4)17-31(26,27)23-12-7-19(2)8-13-23/h5-14,16,22H,15,17H2,1-4H3. The summed E-state index contributed by atoms with van der Waals surface area (Å²) in [6.07, 6.45) is 0.587. The van der Waals surface area contributed by atoms with Crippen molar-refractivity contribution in [3.8, 4) is 11.5 Å². The highest BCUT2D eigenvalue weighted by atomic mass is 32.2. The molecule has 0 saturated heterocycles. The highest BCUT2D eigenvalue weighted by Gasteiger charge is 2.23. The van der Waals surface area contributed by atoms with Crippen molar-refractivity contribution in [1.82, 2.24) is 0 Å². The molecule has 0 N–H and O–H groups in total. The van der Waals surface area contributed by atoms with Crippen molar-refractivity contribution < 1.29 is 17.9 Å². The molecule has 0 amide bonds. The van der Waals surface area contributed by atoms with Crippen LogP contribution in [0.15, 0.2) is 76.5 Å². The highest BCUT2D eigenvalue weighted by molar-refractivity contribution is 8.01. The van der Waals surface area contributed by atoms with Gasteiger partial charge in [0.1, 0.15) is 0 Å². The largest absolute Gasteiger partial charge is 0.493 e. The lowest BCUT2D eigenvalue weighted by molar-refractivity contribution is 0.354. The van der Waals surface area contributed by atoms with Gasteiger partial charge in [-0.1, -0.05) is 41.5 Å². The van der Waals surface area contributed by atoms with Crippen LogP contribution in [0.3, 0.4) is 0 Å². The molecule has 0 aliphatic heterocycles. The number of ether oxygens (including phenoxy) is 2. The molecule has 1 atom stereocenters. The van der Waals surface area contributed by atoms with Crippen LogP contribution in [0.25, 0.3) is 0 Å². The summed E-state index contributed by atoms with van der Waals surface area (Å²) in [6, 6.07) is 21.0. The van der Waals surface area contributed by atoms with Gasteiger partial charge in [0.05, 0.1) is 24.9 Å². The molecule has 31 heavy (non-hydrogen) atoms. The maximum atomic E-state index is 13.2. The molecule has 0 aliphatic rings. The molecular formula is C25H28O4S2. The molecule has 6 heteroatoms. The van der Waals surface area contributed by atoms with E-state index in [-0.39, 0.29) is 11.0 Å². The van der Waals surface area contributed by atoms with Gasteiger partial charge in [-0.05, 0) is 62.2 Å². The Balaban J connectivity index is 1.88. The fourth-order valence-corrected chi connectivity index (χ4v) is 6.41. The number of benzene rings is 3. The average Bonchev–Trinajstić information content (AvgIpc) is 2.75. The molecule has 0 aromatic heterocycles. The molecule has 0 fully saturated rings. The second kappa shape index (κ2) is 10.2. The van der Waals surface area contributed by atoms with Crippen LogP contribution in [0, 0.1) is 13.8 Å². The molecule has 0 spiro atoms. The summed E-state index contributed by atoms with van der Waals surface area (Å²) in [7, 11) is -0.232. The summed E-state index contributed by atoms with van der Waals surface area (Å²) >= 11 is 1.59. The molecule has 4 nitrogen and oxygen atoms in total. The summed E-state index contributed by atoms with van der Waals surface area (Å²) in [6.45, 7) is 3.99. The monoisotopic (exact) mass is 456 g/mol. The van der Waals surface area contributed by atoms with Gasteiger partial charge in [0, 0.05) is 10.1 Å². The maximum Gasteiger partial charge on any atom is 0.179 e. The summed E-state index contributed by atoms with van der Waals surface area (Å²) in [4.78, 5) is 1.41. The van der Waals surface area contributed by atoms with Crippen LogP contribution in [-0.2, 0) is 16.3 Å². The Labute approximate surface area is 189 Å². The summed E-state index contributed by atoms with van der Waals surface area (Å²) in [5, 5.41) is -0.160. The van der Waals surface area contributed by atoms with E-state index in [0.29, 0.717) is 22.8 Å². The van der Waals surface area contributed by atoms with Gasteiger partial charge in [0.25, 0.3) is 0 Å². The van der Waals surface area contributed by atoms with Gasteiger partial charge in [0.15, 0.2) is 21.3 Å². The topological polar surface area (TPSA) is 52.6 Å². The molecular weight excluding hydrogens is 428 g/mol. The van der Waals surface area contributed by atoms with Crippen LogP contribution < -0.4 is 9.47 Å². The van der Waals surface area contributed by atoms with E-state index in [9.17, 15) is 8.42 Å². The van der Waals surface area contributed by atoms with Crippen LogP contribution in [-0.4, -0.2) is 33.6 Å². The van der Waals surface area contributed by atoms with Crippen molar-refractivity contribution in [2.75, 3.05) is 20.0 Å². The normalized spacial score (nSPS) is 12.4. The molecule has 3 rings (SSSR count). The molecule has 3 aromatic rings. The van der Waals surface area contributed by atoms with Crippen LogP contribution in [0.5, 0.6) is 11.5 Å². The van der Waals surface area contributed by atoms with Crippen molar-refractivity contribution in [3.63, 3.8) is 0 Å². The Morgan fingerprint density at radius 1 is 0.806 bits per heavy atom. The minimum atomic E-state index is -3.43.